The summed E-state index contributed by atoms with van der Waals surface area (Å²) < 4.78 is 0. The first-order valence-corrected chi connectivity index (χ1v) is 3.79. The number of hydrogen-bond acceptors (Lipinski definition) is 3. The van der Waals surface area contributed by atoms with Crippen molar-refractivity contribution in [3.63, 3.8) is 0 Å². The van der Waals surface area contributed by atoms with Crippen LogP contribution in [0.15, 0.2) is 4.99 Å². The van der Waals surface area contributed by atoms with Gasteiger partial charge in [-0.05, 0) is 0 Å². The minimum Gasteiger partial charge on any atom is -0.370 e. The summed E-state index contributed by atoms with van der Waals surface area (Å²) in [5.41, 5.74) is 10.6. The van der Waals surface area contributed by atoms with Crippen LogP contribution in [0.5, 0.6) is 0 Å². The molecule has 0 aromatic rings. The van der Waals surface area contributed by atoms with E-state index in [1.165, 1.54) is 13.1 Å². The van der Waals surface area contributed by atoms with Crippen LogP contribution in [0.1, 0.15) is 0 Å². The number of rotatable bonds is 4. The highest BCUT2D eigenvalue weighted by molar-refractivity contribution is 5.77. The molecule has 5 nitrogen and oxygen atoms in total. The van der Waals surface area contributed by atoms with Gasteiger partial charge in [0, 0.05) is 26.2 Å². The lowest BCUT2D eigenvalue weighted by molar-refractivity contribution is 0.553. The van der Waals surface area contributed by atoms with Crippen LogP contribution < -0.4 is 16.8 Å². The molecule has 0 unspecified atom stereocenters. The Morgan fingerprint density at radius 2 is 2.27 bits per heavy atom. The van der Waals surface area contributed by atoms with Gasteiger partial charge in [0.15, 0.2) is 5.96 Å². The van der Waals surface area contributed by atoms with Gasteiger partial charge in [-0.1, -0.05) is 0 Å². The molecule has 0 aliphatic carbocycles. The first-order chi connectivity index (χ1) is 5.33. The molecule has 0 atom stereocenters. The number of aliphatic imine (C=N–C) groups is 1. The zero-order valence-corrected chi connectivity index (χ0v) is 6.58. The van der Waals surface area contributed by atoms with Gasteiger partial charge in [0.05, 0.1) is 6.67 Å². The number of nitrogens with two attached hydrogens (primary N) is 2. The van der Waals surface area contributed by atoms with Crippen molar-refractivity contribution in [2.45, 2.75) is 0 Å². The van der Waals surface area contributed by atoms with E-state index in [1.807, 2.05) is 0 Å². The van der Waals surface area contributed by atoms with Gasteiger partial charge in [0.1, 0.15) is 0 Å². The summed E-state index contributed by atoms with van der Waals surface area (Å²) in [5.74, 6) is 0.439. The van der Waals surface area contributed by atoms with E-state index >= 15 is 0 Å². The molecule has 0 aromatic heterocycles. The van der Waals surface area contributed by atoms with Gasteiger partial charge in [-0.25, -0.2) is 4.99 Å². The standard InChI is InChI=1S/C6H15N5/c7-5-10-6(8)9-1-2-11-3-4-11/h1-5,7H2,(H3,8,9,10). The summed E-state index contributed by atoms with van der Waals surface area (Å²) in [6, 6.07) is 0. The Morgan fingerprint density at radius 1 is 1.55 bits per heavy atom. The van der Waals surface area contributed by atoms with Gasteiger partial charge >= 0.3 is 0 Å². The Balaban J connectivity index is 1.96. The molecular formula is C6H15N5. The Hall–Kier alpha value is -0.810. The predicted molar refractivity (Wildman–Crippen MR) is 45.1 cm³/mol. The molecule has 64 valence electrons. The second-order valence-corrected chi connectivity index (χ2v) is 2.49. The molecule has 0 amide bonds. The van der Waals surface area contributed by atoms with E-state index in [4.69, 9.17) is 11.5 Å². The van der Waals surface area contributed by atoms with Crippen molar-refractivity contribution in [3.8, 4) is 0 Å². The molecule has 1 aliphatic heterocycles. The smallest absolute Gasteiger partial charge is 0.189 e. The molecule has 11 heavy (non-hydrogen) atoms. The minimum atomic E-state index is 0.253. The number of nitrogens with zero attached hydrogens (tertiary/aromatic N) is 2. The molecule has 5 heteroatoms. The predicted octanol–water partition coefficient (Wildman–Crippen LogP) is -1.88. The molecule has 0 bridgehead atoms. The molecule has 1 rings (SSSR count). The van der Waals surface area contributed by atoms with E-state index in [0.717, 1.165) is 13.1 Å². The van der Waals surface area contributed by atoms with E-state index in [9.17, 15) is 0 Å². The van der Waals surface area contributed by atoms with Crippen LogP contribution in [0.2, 0.25) is 0 Å². The number of guanidine groups is 1. The van der Waals surface area contributed by atoms with E-state index in [0.29, 0.717) is 5.96 Å². The third kappa shape index (κ3) is 3.79. The molecule has 5 N–H and O–H groups in total. The first kappa shape index (κ1) is 8.29. The van der Waals surface area contributed by atoms with E-state index in [1.54, 1.807) is 0 Å². The summed E-state index contributed by atoms with van der Waals surface area (Å²) >= 11 is 0. The molecule has 1 aliphatic rings. The Bertz CT molecular complexity index is 140. The molecule has 0 spiro atoms. The van der Waals surface area contributed by atoms with Crippen LogP contribution in [0.3, 0.4) is 0 Å². The summed E-state index contributed by atoms with van der Waals surface area (Å²) in [4.78, 5) is 6.09. The van der Waals surface area contributed by atoms with Gasteiger partial charge in [0.2, 0.25) is 0 Å². The van der Waals surface area contributed by atoms with Crippen LogP contribution in [-0.4, -0.2) is 43.7 Å². The van der Waals surface area contributed by atoms with Crippen LogP contribution >= 0.6 is 0 Å². The monoisotopic (exact) mass is 157 g/mol. The molecular weight excluding hydrogens is 142 g/mol. The van der Waals surface area contributed by atoms with Crippen molar-refractivity contribution in [1.29, 1.82) is 0 Å². The highest BCUT2D eigenvalue weighted by Crippen LogP contribution is 1.99. The molecule has 0 radical (unpaired) electrons. The average Bonchev–Trinajstić information content (AvgIpc) is 2.72. The van der Waals surface area contributed by atoms with Gasteiger partial charge < -0.3 is 16.8 Å². The van der Waals surface area contributed by atoms with Crippen molar-refractivity contribution < 1.29 is 0 Å². The third-order valence-corrected chi connectivity index (χ3v) is 1.54. The lowest BCUT2D eigenvalue weighted by atomic mass is 10.6. The zero-order valence-electron chi connectivity index (χ0n) is 6.58. The molecule has 0 saturated carbocycles. The van der Waals surface area contributed by atoms with Crippen LogP contribution in [0.4, 0.5) is 0 Å². The normalized spacial score (nSPS) is 18.5. The third-order valence-electron chi connectivity index (χ3n) is 1.54. The molecule has 0 aromatic carbocycles. The van der Waals surface area contributed by atoms with Gasteiger partial charge in [-0.2, -0.15) is 0 Å². The van der Waals surface area contributed by atoms with Crippen LogP contribution in [0.25, 0.3) is 0 Å². The maximum Gasteiger partial charge on any atom is 0.189 e. The molecule has 1 saturated heterocycles. The van der Waals surface area contributed by atoms with E-state index in [2.05, 4.69) is 15.2 Å². The van der Waals surface area contributed by atoms with Crippen molar-refractivity contribution in [2.24, 2.45) is 16.5 Å². The summed E-state index contributed by atoms with van der Waals surface area (Å²) in [5, 5.41) is 2.96. The lowest BCUT2D eigenvalue weighted by Gasteiger charge is -2.04. The Kier molecular flexibility index (Phi) is 3.13. The highest BCUT2D eigenvalue weighted by Gasteiger charge is 2.15. The second-order valence-electron chi connectivity index (χ2n) is 2.49. The maximum absolute atomic E-state index is 5.43. The largest absolute Gasteiger partial charge is 0.370 e. The van der Waals surface area contributed by atoms with Crippen LogP contribution in [0, 0.1) is 0 Å². The van der Waals surface area contributed by atoms with Crippen molar-refractivity contribution in [2.75, 3.05) is 32.8 Å². The quantitative estimate of drug-likeness (QED) is 0.253. The molecule has 1 fully saturated rings. The Morgan fingerprint density at radius 3 is 2.82 bits per heavy atom. The lowest BCUT2D eigenvalue weighted by Crippen LogP contribution is -2.35. The van der Waals surface area contributed by atoms with Crippen molar-refractivity contribution in [3.05, 3.63) is 0 Å². The van der Waals surface area contributed by atoms with E-state index < -0.39 is 0 Å². The fourth-order valence-corrected chi connectivity index (χ4v) is 0.791. The summed E-state index contributed by atoms with van der Waals surface area (Å²) in [6.07, 6.45) is 0. The van der Waals surface area contributed by atoms with E-state index in [-0.39, 0.29) is 6.67 Å². The zero-order chi connectivity index (χ0) is 8.10. The highest BCUT2D eigenvalue weighted by atomic mass is 15.3. The maximum atomic E-state index is 5.43. The van der Waals surface area contributed by atoms with Crippen LogP contribution in [-0.2, 0) is 0 Å². The fourth-order valence-electron chi connectivity index (χ4n) is 0.791. The van der Waals surface area contributed by atoms with Gasteiger partial charge in [-0.3, -0.25) is 4.90 Å². The van der Waals surface area contributed by atoms with Gasteiger partial charge in [-0.15, -0.1) is 0 Å². The second kappa shape index (κ2) is 4.15. The first-order valence-electron chi connectivity index (χ1n) is 3.79. The Labute approximate surface area is 66.4 Å². The average molecular weight is 157 g/mol. The fraction of sp³-hybridized carbons (Fsp3) is 0.833. The SMILES string of the molecule is NCN=C(N)NCCN1CC1. The van der Waals surface area contributed by atoms with Crippen molar-refractivity contribution in [1.82, 2.24) is 10.2 Å². The molecule has 1 heterocycles. The van der Waals surface area contributed by atoms with Crippen molar-refractivity contribution >= 4 is 5.96 Å². The van der Waals surface area contributed by atoms with Gasteiger partial charge in [0.25, 0.3) is 0 Å². The topological polar surface area (TPSA) is 79.4 Å². The minimum absolute atomic E-state index is 0.253. The number of hydrogen-bond donors (Lipinski definition) is 3. The summed E-state index contributed by atoms with van der Waals surface area (Å²) in [6.45, 7) is 4.59. The number of nitrogens with one attached hydrogen (secondary N) is 1. The summed E-state index contributed by atoms with van der Waals surface area (Å²) in [7, 11) is 0.